The van der Waals surface area contributed by atoms with E-state index < -0.39 is 158 Å². The number of aromatic nitrogens is 12. The van der Waals surface area contributed by atoms with Crippen LogP contribution in [0.4, 0.5) is 17.7 Å². The summed E-state index contributed by atoms with van der Waals surface area (Å²) in [7, 11) is -25.4. The number of rotatable bonds is 23. The van der Waals surface area contributed by atoms with Crippen LogP contribution in [0.5, 0.6) is 0 Å². The molecule has 0 aliphatic carbocycles. The maximum Gasteiger partial charge on any atom is 0.490 e. The summed E-state index contributed by atoms with van der Waals surface area (Å²) in [5, 5.41) is 33.2. The second-order valence-electron chi connectivity index (χ2n) is 17.9. The van der Waals surface area contributed by atoms with Crippen molar-refractivity contribution in [1.29, 1.82) is 0 Å². The van der Waals surface area contributed by atoms with E-state index >= 15 is 0 Å². The number of nitrogens with zero attached hydrogens (tertiary/aromatic N) is 10. The molecule has 0 bridgehead atoms. The van der Waals surface area contributed by atoms with Gasteiger partial charge in [-0.05, 0) is 6.92 Å². The summed E-state index contributed by atoms with van der Waals surface area (Å²) in [6.07, 6.45) is -14.2. The van der Waals surface area contributed by atoms with Gasteiger partial charge in [-0.15, -0.1) is 0 Å². The summed E-state index contributed by atoms with van der Waals surface area (Å²) >= 11 is 0. The molecule has 3 saturated heterocycles. The molecule has 0 radical (unpaired) electrons. The number of hydrogen-bond donors (Lipinski definition) is 12. The highest BCUT2D eigenvalue weighted by molar-refractivity contribution is 7.89. The number of nitrogen functional groups attached to an aromatic ring is 3. The largest absolute Gasteiger partial charge is 0.756 e. The number of nitrogens with one attached hydrogen (secondary N) is 3. The lowest BCUT2D eigenvalue weighted by atomic mass is 9.98. The topological polar surface area (TPSA) is 591 Å². The van der Waals surface area contributed by atoms with Crippen molar-refractivity contribution in [3.63, 3.8) is 0 Å². The maximum absolute atomic E-state index is 13.6. The molecule has 3 aliphatic rings. The number of ether oxygens (including phenoxy) is 4. The van der Waals surface area contributed by atoms with Gasteiger partial charge in [-0.3, -0.25) is 46.9 Å². The summed E-state index contributed by atoms with van der Waals surface area (Å²) in [6.45, 7) is -2.79. The first kappa shape index (κ1) is 60.4. The molecule has 0 aromatic carbocycles. The predicted molar refractivity (Wildman–Crippen MR) is 262 cm³/mol. The van der Waals surface area contributed by atoms with E-state index in [1.807, 2.05) is 0 Å². The van der Waals surface area contributed by atoms with Gasteiger partial charge >= 0.3 is 29.1 Å². The first-order valence-corrected chi connectivity index (χ1v) is 30.8. The van der Waals surface area contributed by atoms with Crippen LogP contribution in [0.25, 0.3) is 33.5 Å². The van der Waals surface area contributed by atoms with Crippen molar-refractivity contribution in [3.8, 4) is 0 Å². The second-order valence-corrected chi connectivity index (χ2v) is 26.0. The van der Waals surface area contributed by atoms with Crippen molar-refractivity contribution < 1.29 is 112 Å². The van der Waals surface area contributed by atoms with E-state index in [9.17, 15) is 71.2 Å². The van der Waals surface area contributed by atoms with Crippen molar-refractivity contribution in [3.05, 3.63) is 46.0 Å². The first-order chi connectivity index (χ1) is 37.9. The summed E-state index contributed by atoms with van der Waals surface area (Å²) in [5.74, 6) is -2.53. The average Bonchev–Trinajstić information content (AvgIpc) is 3.80. The molecule has 446 valence electrons. The van der Waals surface area contributed by atoms with E-state index in [-0.39, 0.29) is 51.2 Å². The summed E-state index contributed by atoms with van der Waals surface area (Å²) < 4.78 is 137. The second kappa shape index (κ2) is 22.8. The molecule has 0 saturated carbocycles. The normalized spacial score (nSPS) is 29.3. The number of imidazole rings is 3. The number of sulfonamides is 1. The molecule has 15 N–H and O–H groups in total. The van der Waals surface area contributed by atoms with Crippen molar-refractivity contribution >= 4 is 92.5 Å². The van der Waals surface area contributed by atoms with Gasteiger partial charge in [0.15, 0.2) is 41.4 Å². The minimum atomic E-state index is -6.28. The van der Waals surface area contributed by atoms with E-state index in [4.69, 9.17) is 54.2 Å². The molecule has 6 aromatic heterocycles. The zero-order valence-corrected chi connectivity index (χ0v) is 46.0. The Hall–Kier alpha value is -5.20. The van der Waals surface area contributed by atoms with Crippen LogP contribution in [-0.2, 0) is 81.0 Å². The van der Waals surface area contributed by atoms with Gasteiger partial charge in [-0.25, -0.2) is 51.3 Å². The van der Waals surface area contributed by atoms with Crippen LogP contribution >= 0.6 is 31.3 Å². The third-order valence-electron chi connectivity index (χ3n) is 12.7. The third-order valence-corrected chi connectivity index (χ3v) is 19.2. The number of H-pyrrole nitrogens is 2. The minimum absolute atomic E-state index is 0.0208. The monoisotopic (exact) mass is 1250 g/mol. The Morgan fingerprint density at radius 2 is 1.37 bits per heavy atom. The number of nitrogens with two attached hydrogens (primary N) is 3. The lowest BCUT2D eigenvalue weighted by Crippen LogP contribution is -2.46. The SMILES string of the molecule is CCS(=O)(=O)NC[C@H]1[C@@H](O)[C@H]([n+]2cn(C)c3c(=O)[nH]c(N)nc32)O[C@@H]1COP(=O)(O)OP(=O)(O)OP(=O)(O)OC[C@H]1O[C@@H](n2cnc3c(N)ncnc32)[C@H](OC)[C@@H]1OP(=O)([O-])OC[C@H]1O[C@@H](n2cnc3c(=O)[nH]c(N)nc32)[C@H](O)[C@@H]1O. The van der Waals surface area contributed by atoms with Gasteiger partial charge in [0, 0.05) is 19.6 Å². The fourth-order valence-corrected chi connectivity index (χ4v) is 14.1. The molecule has 46 heteroatoms. The standard InChI is InChI=1S/C35H50N16O25P4S/c1-4-81(65,66)43-5-13-14(71-31(20(13)52)51-12-48(2)19-28(51)45-35(38)47-30(19)56)6-69-78(59,60)75-80(63,64)76-79(61,62)70-8-16-23(24(67-3)33(73-16)49-10-41-17-25(36)39-9-40-26(17)49)74-77(57,58)68-7-15-21(53)22(54)32(72-15)50-11-42-18-27(50)44-34(37)46-29(18)55/h9-16,20-24,31-33,43,52-54H,4-8H2,1-3H3,(H11-,36,37,38,39,40,44,45,46,47,55,56,57,58,59,60,61,62,63,64)/t13-,14-,15-,16-,20-,21-,22-,23-,24-,31-,32-,33-/m1/s1. The van der Waals surface area contributed by atoms with Gasteiger partial charge in [0.1, 0.15) is 54.6 Å². The highest BCUT2D eigenvalue weighted by atomic mass is 32.2. The predicted octanol–water partition coefficient (Wildman–Crippen LogP) is -5.15. The van der Waals surface area contributed by atoms with Crippen LogP contribution in [0, 0.1) is 5.92 Å². The summed E-state index contributed by atoms with van der Waals surface area (Å²) in [6, 6.07) is 0. The van der Waals surface area contributed by atoms with Gasteiger partial charge in [-0.2, -0.15) is 13.6 Å². The van der Waals surface area contributed by atoms with Crippen molar-refractivity contribution in [2.75, 3.05) is 56.4 Å². The molecule has 9 heterocycles. The number of phosphoric acid groups is 4. The molecule has 0 amide bonds. The molecule has 4 unspecified atom stereocenters. The molecule has 81 heavy (non-hydrogen) atoms. The third kappa shape index (κ3) is 12.7. The van der Waals surface area contributed by atoms with Crippen LogP contribution < -0.4 is 42.5 Å². The fraction of sp³-hybridized carbons (Fsp3) is 0.571. The average molecular weight is 1250 g/mol. The Balaban J connectivity index is 0.880. The van der Waals surface area contributed by atoms with Crippen LogP contribution in [0.1, 0.15) is 25.6 Å². The van der Waals surface area contributed by atoms with Crippen LogP contribution in [0.15, 0.2) is 34.9 Å². The summed E-state index contributed by atoms with van der Waals surface area (Å²) in [4.78, 5) is 99.0. The van der Waals surface area contributed by atoms with E-state index in [0.717, 1.165) is 35.2 Å². The van der Waals surface area contributed by atoms with Gasteiger partial charge in [0.25, 0.3) is 24.9 Å². The van der Waals surface area contributed by atoms with Crippen LogP contribution in [0.3, 0.4) is 0 Å². The van der Waals surface area contributed by atoms with Crippen molar-refractivity contribution in [2.24, 2.45) is 13.0 Å². The van der Waals surface area contributed by atoms with E-state index in [2.05, 4.69) is 53.2 Å². The van der Waals surface area contributed by atoms with E-state index in [0.29, 0.717) is 0 Å². The molecule has 3 fully saturated rings. The molecule has 0 spiro atoms. The Kier molecular flexibility index (Phi) is 17.0. The zero-order chi connectivity index (χ0) is 58.9. The van der Waals surface area contributed by atoms with Gasteiger partial charge < -0.3 is 80.1 Å². The molecule has 6 aromatic rings. The number of aliphatic hydroxyl groups excluding tert-OH is 3. The zero-order valence-electron chi connectivity index (χ0n) is 41.6. The minimum Gasteiger partial charge on any atom is -0.756 e. The number of hydrogen-bond acceptors (Lipinski definition) is 31. The Morgan fingerprint density at radius 3 is 2.04 bits per heavy atom. The lowest BCUT2D eigenvalue weighted by Gasteiger charge is -2.31. The molecular weight excluding hydrogens is 1200 g/mol. The molecule has 3 aliphatic heterocycles. The first-order valence-electron chi connectivity index (χ1n) is 23.2. The number of aromatic amines is 2. The van der Waals surface area contributed by atoms with Crippen LogP contribution in [-0.4, -0.2) is 180 Å². The number of phosphoric ester groups is 3. The number of aryl methyl sites for hydroxylation is 1. The van der Waals surface area contributed by atoms with E-state index in [1.54, 1.807) is 0 Å². The van der Waals surface area contributed by atoms with E-state index in [1.165, 1.54) is 29.4 Å². The van der Waals surface area contributed by atoms with Gasteiger partial charge in [-0.1, -0.05) is 4.98 Å². The number of aliphatic hydroxyl groups is 3. The van der Waals surface area contributed by atoms with Gasteiger partial charge in [0.2, 0.25) is 27.7 Å². The molecule has 9 rings (SSSR count). The number of fused-ring (bicyclic) bond motifs is 3. The fourth-order valence-electron chi connectivity index (χ4n) is 8.95. The molecule has 16 atom stereocenters. The van der Waals surface area contributed by atoms with Crippen molar-refractivity contribution in [2.45, 2.75) is 74.4 Å². The summed E-state index contributed by atoms with van der Waals surface area (Å²) in [5.41, 5.74) is 15.3. The quantitative estimate of drug-likeness (QED) is 0.0211. The molecular formula is C35H50N16O25P4S. The Bertz CT molecular complexity index is 3790. The lowest BCUT2D eigenvalue weighted by molar-refractivity contribution is -0.745. The van der Waals surface area contributed by atoms with Crippen LogP contribution in [0.2, 0.25) is 0 Å². The van der Waals surface area contributed by atoms with Crippen molar-refractivity contribution in [1.82, 2.24) is 58.3 Å². The highest BCUT2D eigenvalue weighted by Crippen LogP contribution is 2.68. The maximum atomic E-state index is 13.6. The Morgan fingerprint density at radius 1 is 0.765 bits per heavy atom. The number of methoxy groups -OCH3 is 1. The highest BCUT2D eigenvalue weighted by Gasteiger charge is 2.53. The van der Waals surface area contributed by atoms with Gasteiger partial charge in [0.05, 0.1) is 51.4 Å². The molecule has 41 nitrogen and oxygen atoms in total. The number of anilines is 3. The smallest absolute Gasteiger partial charge is 0.490 e. The Labute approximate surface area is 451 Å².